The summed E-state index contributed by atoms with van der Waals surface area (Å²) in [6.45, 7) is 5.56. The third kappa shape index (κ3) is 4.46. The number of nitrogens with one attached hydrogen (secondary N) is 1. The Bertz CT molecular complexity index is 424. The van der Waals surface area contributed by atoms with E-state index in [1.54, 1.807) is 12.1 Å². The highest BCUT2D eigenvalue weighted by Crippen LogP contribution is 2.15. The molecule has 1 N–H and O–H groups in total. The summed E-state index contributed by atoms with van der Waals surface area (Å²) in [6.07, 6.45) is 3.58. The van der Waals surface area contributed by atoms with Crippen molar-refractivity contribution in [2.24, 2.45) is 5.10 Å². The molecule has 0 atom stereocenters. The van der Waals surface area contributed by atoms with Crippen LogP contribution in [0.4, 0.5) is 11.4 Å². The molecule has 5 heteroatoms. The molecule has 0 aliphatic heterocycles. The fourth-order valence-electron chi connectivity index (χ4n) is 1.18. The molecule has 0 bridgehead atoms. The van der Waals surface area contributed by atoms with Gasteiger partial charge < -0.3 is 0 Å². The number of nitrogens with zero attached hydrogens (tertiary/aromatic N) is 2. The fourth-order valence-corrected chi connectivity index (χ4v) is 1.18. The van der Waals surface area contributed by atoms with Crippen LogP contribution in [0.2, 0.25) is 0 Å². The Labute approximate surface area is 100.0 Å². The predicted molar refractivity (Wildman–Crippen MR) is 69.3 cm³/mol. The zero-order chi connectivity index (χ0) is 12.7. The first-order valence-corrected chi connectivity index (χ1v) is 5.28. The average molecular weight is 233 g/mol. The van der Waals surface area contributed by atoms with Gasteiger partial charge in [0.25, 0.3) is 5.69 Å². The van der Waals surface area contributed by atoms with E-state index in [1.165, 1.54) is 12.1 Å². The summed E-state index contributed by atoms with van der Waals surface area (Å²) in [5, 5.41) is 14.6. The summed E-state index contributed by atoms with van der Waals surface area (Å²) in [5.74, 6) is 0. The van der Waals surface area contributed by atoms with Gasteiger partial charge in [-0.25, -0.2) is 0 Å². The smallest absolute Gasteiger partial charge is 0.269 e. The van der Waals surface area contributed by atoms with Crippen LogP contribution in [-0.2, 0) is 0 Å². The lowest BCUT2D eigenvalue weighted by Gasteiger charge is -2.02. The van der Waals surface area contributed by atoms with Crippen molar-refractivity contribution in [2.75, 3.05) is 5.43 Å². The fraction of sp³-hybridized carbons (Fsp3) is 0.250. The molecule has 90 valence electrons. The number of hydrazone groups is 1. The number of non-ortho nitro benzene ring substituents is 1. The van der Waals surface area contributed by atoms with Crippen LogP contribution in [0, 0.1) is 10.1 Å². The maximum atomic E-state index is 10.4. The van der Waals surface area contributed by atoms with Gasteiger partial charge in [0.1, 0.15) is 0 Å². The molecule has 0 unspecified atom stereocenters. The van der Waals surface area contributed by atoms with Crippen LogP contribution < -0.4 is 5.43 Å². The molecular weight excluding hydrogens is 218 g/mol. The molecule has 0 heterocycles. The van der Waals surface area contributed by atoms with E-state index in [2.05, 4.69) is 17.1 Å². The Kier molecular flexibility index (Phi) is 4.87. The lowest BCUT2D eigenvalue weighted by Crippen LogP contribution is -1.97. The van der Waals surface area contributed by atoms with Crippen LogP contribution in [0.1, 0.15) is 19.8 Å². The topological polar surface area (TPSA) is 67.5 Å². The lowest BCUT2D eigenvalue weighted by molar-refractivity contribution is -0.384. The van der Waals surface area contributed by atoms with Crippen molar-refractivity contribution in [3.63, 3.8) is 0 Å². The highest BCUT2D eigenvalue weighted by atomic mass is 16.6. The Morgan fingerprint density at radius 2 is 2.18 bits per heavy atom. The van der Waals surface area contributed by atoms with Crippen molar-refractivity contribution in [1.29, 1.82) is 0 Å². The number of nitro benzene ring substituents is 1. The molecule has 0 saturated heterocycles. The molecule has 0 aromatic heterocycles. The van der Waals surface area contributed by atoms with E-state index in [0.717, 1.165) is 24.2 Å². The molecule has 0 aliphatic carbocycles. The van der Waals surface area contributed by atoms with Gasteiger partial charge in [0.2, 0.25) is 0 Å². The number of nitro groups is 1. The molecule has 0 radical (unpaired) electrons. The van der Waals surface area contributed by atoms with Crippen LogP contribution in [-0.4, -0.2) is 10.6 Å². The summed E-state index contributed by atoms with van der Waals surface area (Å²) < 4.78 is 0. The Balaban J connectivity index is 2.57. The number of hydrogen-bond acceptors (Lipinski definition) is 4. The summed E-state index contributed by atoms with van der Waals surface area (Å²) in [7, 11) is 0. The van der Waals surface area contributed by atoms with Crippen LogP contribution >= 0.6 is 0 Å². The van der Waals surface area contributed by atoms with Crippen molar-refractivity contribution in [3.05, 3.63) is 47.0 Å². The second-order valence-corrected chi connectivity index (χ2v) is 3.59. The molecule has 1 rings (SSSR count). The quantitative estimate of drug-likeness (QED) is 0.354. The van der Waals surface area contributed by atoms with E-state index >= 15 is 0 Å². The normalized spacial score (nSPS) is 11.0. The van der Waals surface area contributed by atoms with Crippen LogP contribution in [0.5, 0.6) is 0 Å². The maximum Gasteiger partial charge on any atom is 0.269 e. The lowest BCUT2D eigenvalue weighted by atomic mass is 10.2. The minimum atomic E-state index is -0.428. The number of allylic oxidation sites excluding steroid dienone is 1. The molecule has 17 heavy (non-hydrogen) atoms. The third-order valence-corrected chi connectivity index (χ3v) is 2.16. The summed E-state index contributed by atoms with van der Waals surface area (Å²) in [4.78, 5) is 10.0. The summed E-state index contributed by atoms with van der Waals surface area (Å²) >= 11 is 0. The average Bonchev–Trinajstić information content (AvgIpc) is 2.34. The molecule has 0 aliphatic rings. The van der Waals surface area contributed by atoms with Gasteiger partial charge >= 0.3 is 0 Å². The zero-order valence-electron chi connectivity index (χ0n) is 9.72. The molecule has 5 nitrogen and oxygen atoms in total. The second-order valence-electron chi connectivity index (χ2n) is 3.59. The van der Waals surface area contributed by atoms with E-state index in [-0.39, 0.29) is 5.69 Å². The standard InChI is InChI=1S/C12H15N3O2/c1-3-4-5-10(2)13-14-11-6-8-12(9-7-11)15(16)17/h3,6-9,14H,1,4-5H2,2H3/b13-10+. The molecule has 0 spiro atoms. The van der Waals surface area contributed by atoms with Crippen LogP contribution in [0.25, 0.3) is 0 Å². The Morgan fingerprint density at radius 3 is 2.71 bits per heavy atom. The van der Waals surface area contributed by atoms with Crippen molar-refractivity contribution >= 4 is 17.1 Å². The van der Waals surface area contributed by atoms with E-state index in [9.17, 15) is 10.1 Å². The van der Waals surface area contributed by atoms with Crippen molar-refractivity contribution in [3.8, 4) is 0 Å². The predicted octanol–water partition coefficient (Wildman–Crippen LogP) is 3.35. The summed E-state index contributed by atoms with van der Waals surface area (Å²) in [6, 6.07) is 6.14. The number of rotatable bonds is 6. The van der Waals surface area contributed by atoms with Gasteiger partial charge in [-0.15, -0.1) is 6.58 Å². The van der Waals surface area contributed by atoms with Crippen molar-refractivity contribution in [2.45, 2.75) is 19.8 Å². The minimum absolute atomic E-state index is 0.0721. The van der Waals surface area contributed by atoms with Crippen LogP contribution in [0.15, 0.2) is 42.0 Å². The van der Waals surface area contributed by atoms with Crippen molar-refractivity contribution in [1.82, 2.24) is 0 Å². The number of benzene rings is 1. The van der Waals surface area contributed by atoms with Gasteiger partial charge in [0, 0.05) is 17.8 Å². The molecule has 0 amide bonds. The molecule has 0 saturated carbocycles. The monoisotopic (exact) mass is 233 g/mol. The van der Waals surface area contributed by atoms with Gasteiger partial charge in [-0.3, -0.25) is 15.5 Å². The SMILES string of the molecule is C=CCC/C(C)=N/Nc1ccc([N+](=O)[O-])cc1. The van der Waals surface area contributed by atoms with Gasteiger partial charge in [-0.05, 0) is 31.9 Å². The summed E-state index contributed by atoms with van der Waals surface area (Å²) in [5.41, 5.74) is 4.61. The molecule has 1 aromatic rings. The van der Waals surface area contributed by atoms with Gasteiger partial charge in [0.05, 0.1) is 10.6 Å². The maximum absolute atomic E-state index is 10.4. The number of hydrogen-bond donors (Lipinski definition) is 1. The van der Waals surface area contributed by atoms with E-state index in [0.29, 0.717) is 0 Å². The van der Waals surface area contributed by atoms with E-state index in [4.69, 9.17) is 0 Å². The Hall–Kier alpha value is -2.17. The van der Waals surface area contributed by atoms with Gasteiger partial charge in [-0.2, -0.15) is 5.10 Å². The van der Waals surface area contributed by atoms with E-state index < -0.39 is 4.92 Å². The second kappa shape index (κ2) is 6.42. The van der Waals surface area contributed by atoms with Crippen molar-refractivity contribution < 1.29 is 4.92 Å². The van der Waals surface area contributed by atoms with Gasteiger partial charge in [0.15, 0.2) is 0 Å². The van der Waals surface area contributed by atoms with Crippen LogP contribution in [0.3, 0.4) is 0 Å². The highest BCUT2D eigenvalue weighted by molar-refractivity contribution is 5.82. The largest absolute Gasteiger partial charge is 0.279 e. The first kappa shape index (κ1) is 12.9. The molecular formula is C12H15N3O2. The first-order chi connectivity index (χ1) is 8.13. The molecule has 1 aromatic carbocycles. The number of anilines is 1. The highest BCUT2D eigenvalue weighted by Gasteiger charge is 2.02. The zero-order valence-corrected chi connectivity index (χ0v) is 9.72. The minimum Gasteiger partial charge on any atom is -0.279 e. The van der Waals surface area contributed by atoms with Gasteiger partial charge in [-0.1, -0.05) is 6.08 Å². The third-order valence-electron chi connectivity index (χ3n) is 2.16. The molecule has 0 fully saturated rings. The van der Waals surface area contributed by atoms with E-state index in [1.807, 2.05) is 13.0 Å². The first-order valence-electron chi connectivity index (χ1n) is 5.28. The Morgan fingerprint density at radius 1 is 1.53 bits per heavy atom.